The molecule has 0 saturated carbocycles. The number of hydrogen-bond donors (Lipinski definition) is 1. The van der Waals surface area contributed by atoms with Crippen LogP contribution in [0, 0.1) is 0 Å². The van der Waals surface area contributed by atoms with Gasteiger partial charge < -0.3 is 15.0 Å². The van der Waals surface area contributed by atoms with Crippen molar-refractivity contribution < 1.29 is 14.3 Å². The Bertz CT molecular complexity index is 786. The van der Waals surface area contributed by atoms with Crippen LogP contribution >= 0.6 is 0 Å². The van der Waals surface area contributed by atoms with Gasteiger partial charge in [0.15, 0.2) is 0 Å². The van der Waals surface area contributed by atoms with Crippen molar-refractivity contribution in [2.45, 2.75) is 32.4 Å². The summed E-state index contributed by atoms with van der Waals surface area (Å²) in [6.45, 7) is 3.00. The third-order valence-electron chi connectivity index (χ3n) is 4.66. The second-order valence-electron chi connectivity index (χ2n) is 6.43. The topological polar surface area (TPSA) is 58.6 Å². The van der Waals surface area contributed by atoms with Crippen molar-refractivity contribution in [2.75, 3.05) is 13.7 Å². The van der Waals surface area contributed by atoms with Crippen LogP contribution in [0.15, 0.2) is 48.5 Å². The number of methoxy groups -OCH3 is 1. The van der Waals surface area contributed by atoms with E-state index in [0.29, 0.717) is 19.5 Å². The summed E-state index contributed by atoms with van der Waals surface area (Å²) in [5.74, 6) is 0.644. The minimum atomic E-state index is -0.564. The molecule has 5 heteroatoms. The lowest BCUT2D eigenvalue weighted by molar-refractivity contribution is -0.141. The Balaban J connectivity index is 1.79. The van der Waals surface area contributed by atoms with Crippen molar-refractivity contribution in [2.24, 2.45) is 0 Å². The molecule has 2 aromatic rings. The lowest BCUT2D eigenvalue weighted by Gasteiger charge is -2.36. The Kier molecular flexibility index (Phi) is 5.56. The SMILES string of the molecule is CCCN1C(=O)Cc2ccccc2[C@@H]1C(=O)NCc1ccc(OC)cc1. The second-order valence-corrected chi connectivity index (χ2v) is 6.43. The Morgan fingerprint density at radius 2 is 1.92 bits per heavy atom. The number of amides is 2. The van der Waals surface area contributed by atoms with Gasteiger partial charge in [0.1, 0.15) is 11.8 Å². The summed E-state index contributed by atoms with van der Waals surface area (Å²) in [5.41, 5.74) is 2.85. The molecule has 0 bridgehead atoms. The molecule has 0 radical (unpaired) electrons. The lowest BCUT2D eigenvalue weighted by Crippen LogP contribution is -2.47. The maximum absolute atomic E-state index is 13.0. The van der Waals surface area contributed by atoms with Crippen LogP contribution in [-0.2, 0) is 22.6 Å². The van der Waals surface area contributed by atoms with E-state index in [2.05, 4.69) is 5.32 Å². The molecule has 3 rings (SSSR count). The summed E-state index contributed by atoms with van der Waals surface area (Å²) < 4.78 is 5.15. The smallest absolute Gasteiger partial charge is 0.247 e. The highest BCUT2D eigenvalue weighted by molar-refractivity contribution is 5.92. The van der Waals surface area contributed by atoms with Crippen molar-refractivity contribution in [1.29, 1.82) is 0 Å². The van der Waals surface area contributed by atoms with E-state index in [0.717, 1.165) is 28.9 Å². The van der Waals surface area contributed by atoms with Crippen molar-refractivity contribution in [1.82, 2.24) is 10.2 Å². The van der Waals surface area contributed by atoms with E-state index in [-0.39, 0.29) is 11.8 Å². The first-order valence-corrected chi connectivity index (χ1v) is 8.92. The summed E-state index contributed by atoms with van der Waals surface area (Å²) in [6, 6.07) is 14.7. The van der Waals surface area contributed by atoms with Crippen LogP contribution in [0.5, 0.6) is 5.75 Å². The van der Waals surface area contributed by atoms with Crippen LogP contribution in [0.2, 0.25) is 0 Å². The van der Waals surface area contributed by atoms with Gasteiger partial charge in [-0.3, -0.25) is 9.59 Å². The molecule has 0 saturated heterocycles. The molecule has 1 heterocycles. The fourth-order valence-electron chi connectivity index (χ4n) is 3.35. The van der Waals surface area contributed by atoms with E-state index in [1.165, 1.54) is 0 Å². The van der Waals surface area contributed by atoms with Gasteiger partial charge in [-0.1, -0.05) is 43.3 Å². The van der Waals surface area contributed by atoms with Crippen molar-refractivity contribution in [3.63, 3.8) is 0 Å². The highest BCUT2D eigenvalue weighted by Gasteiger charge is 2.36. The molecular formula is C21H24N2O3. The molecule has 1 aliphatic heterocycles. The fourth-order valence-corrected chi connectivity index (χ4v) is 3.35. The average molecular weight is 352 g/mol. The molecule has 2 aromatic carbocycles. The fraction of sp³-hybridized carbons (Fsp3) is 0.333. The summed E-state index contributed by atoms with van der Waals surface area (Å²) in [6.07, 6.45) is 1.18. The normalized spacial score (nSPS) is 16.2. The van der Waals surface area contributed by atoms with Gasteiger partial charge in [0.25, 0.3) is 0 Å². The van der Waals surface area contributed by atoms with E-state index in [9.17, 15) is 9.59 Å². The van der Waals surface area contributed by atoms with E-state index >= 15 is 0 Å². The molecular weight excluding hydrogens is 328 g/mol. The number of hydrogen-bond acceptors (Lipinski definition) is 3. The van der Waals surface area contributed by atoms with Crippen molar-refractivity contribution >= 4 is 11.8 Å². The van der Waals surface area contributed by atoms with Gasteiger partial charge >= 0.3 is 0 Å². The predicted molar refractivity (Wildman–Crippen MR) is 99.7 cm³/mol. The van der Waals surface area contributed by atoms with Crippen molar-refractivity contribution in [3.05, 3.63) is 65.2 Å². The maximum atomic E-state index is 13.0. The molecule has 1 atom stereocenters. The second kappa shape index (κ2) is 8.04. The van der Waals surface area contributed by atoms with Crippen LogP contribution < -0.4 is 10.1 Å². The average Bonchev–Trinajstić information content (AvgIpc) is 2.67. The van der Waals surface area contributed by atoms with Gasteiger partial charge in [-0.05, 0) is 35.2 Å². The molecule has 0 unspecified atom stereocenters. The zero-order valence-corrected chi connectivity index (χ0v) is 15.2. The lowest BCUT2D eigenvalue weighted by atomic mass is 9.91. The number of benzene rings is 2. The number of ether oxygens (including phenoxy) is 1. The predicted octanol–water partition coefficient (Wildman–Crippen LogP) is 2.85. The van der Waals surface area contributed by atoms with E-state index in [1.807, 2.05) is 55.5 Å². The van der Waals surface area contributed by atoms with Crippen LogP contribution in [0.1, 0.15) is 36.1 Å². The molecule has 1 aliphatic rings. The zero-order chi connectivity index (χ0) is 18.5. The Labute approximate surface area is 154 Å². The summed E-state index contributed by atoms with van der Waals surface area (Å²) in [5, 5.41) is 2.98. The standard InChI is InChI=1S/C21H24N2O3/c1-3-12-23-19(24)13-16-6-4-5-7-18(16)20(23)21(25)22-14-15-8-10-17(26-2)11-9-15/h4-11,20H,3,12-14H2,1-2H3,(H,22,25)/t20-/m1/s1. The largest absolute Gasteiger partial charge is 0.497 e. The van der Waals surface area contributed by atoms with E-state index in [4.69, 9.17) is 4.74 Å². The van der Waals surface area contributed by atoms with E-state index in [1.54, 1.807) is 12.0 Å². The molecule has 136 valence electrons. The number of nitrogens with one attached hydrogen (secondary N) is 1. The Morgan fingerprint density at radius 3 is 2.62 bits per heavy atom. The number of carbonyl (C=O) groups excluding carboxylic acids is 2. The minimum absolute atomic E-state index is 0.00940. The first-order chi connectivity index (χ1) is 12.6. The van der Waals surface area contributed by atoms with Gasteiger partial charge in [-0.15, -0.1) is 0 Å². The first-order valence-electron chi connectivity index (χ1n) is 8.92. The highest BCUT2D eigenvalue weighted by Crippen LogP contribution is 2.30. The third kappa shape index (κ3) is 3.72. The Hall–Kier alpha value is -2.82. The van der Waals surface area contributed by atoms with Gasteiger partial charge in [-0.25, -0.2) is 0 Å². The third-order valence-corrected chi connectivity index (χ3v) is 4.66. The van der Waals surface area contributed by atoms with Crippen LogP contribution in [0.3, 0.4) is 0 Å². The van der Waals surface area contributed by atoms with Gasteiger partial charge in [-0.2, -0.15) is 0 Å². The summed E-state index contributed by atoms with van der Waals surface area (Å²) in [4.78, 5) is 27.2. The van der Waals surface area contributed by atoms with Crippen molar-refractivity contribution in [3.8, 4) is 5.75 Å². The molecule has 0 spiro atoms. The molecule has 5 nitrogen and oxygen atoms in total. The molecule has 0 fully saturated rings. The van der Waals surface area contributed by atoms with Crippen LogP contribution in [0.25, 0.3) is 0 Å². The molecule has 0 aromatic heterocycles. The minimum Gasteiger partial charge on any atom is -0.497 e. The maximum Gasteiger partial charge on any atom is 0.247 e. The molecule has 26 heavy (non-hydrogen) atoms. The zero-order valence-electron chi connectivity index (χ0n) is 15.2. The van der Waals surface area contributed by atoms with Gasteiger partial charge in [0.05, 0.1) is 13.5 Å². The van der Waals surface area contributed by atoms with Gasteiger partial charge in [0, 0.05) is 13.1 Å². The summed E-state index contributed by atoms with van der Waals surface area (Å²) in [7, 11) is 1.62. The quantitative estimate of drug-likeness (QED) is 0.870. The molecule has 1 N–H and O–H groups in total. The number of fused-ring (bicyclic) bond motifs is 1. The van der Waals surface area contributed by atoms with Crippen LogP contribution in [-0.4, -0.2) is 30.4 Å². The van der Waals surface area contributed by atoms with Gasteiger partial charge in [0.2, 0.25) is 11.8 Å². The van der Waals surface area contributed by atoms with Crippen LogP contribution in [0.4, 0.5) is 0 Å². The molecule has 2 amide bonds. The Morgan fingerprint density at radius 1 is 1.19 bits per heavy atom. The van der Waals surface area contributed by atoms with E-state index < -0.39 is 6.04 Å². The highest BCUT2D eigenvalue weighted by atomic mass is 16.5. The molecule has 0 aliphatic carbocycles. The monoisotopic (exact) mass is 352 g/mol. The number of rotatable bonds is 6. The number of carbonyl (C=O) groups is 2. The number of nitrogens with zero attached hydrogens (tertiary/aromatic N) is 1. The first kappa shape index (κ1) is 18.0. The summed E-state index contributed by atoms with van der Waals surface area (Å²) >= 11 is 0.